The molecule has 0 saturated heterocycles. The smallest absolute Gasteiger partial charge is 0.386 e. The standard InChI is InChI=1S/C21H21O4P/c1-16-8-12-19(13-9-16)23-26(22,24-20-14-10-17(2)11-15-20)25-21-7-5-4-6-18(21)3/h4-15H,1-3H3/i1D3,8D,9D,12D,13D. The molecule has 3 aromatic carbocycles. The average Bonchev–Trinajstić information content (AvgIpc) is 2.72. The van der Waals surface area contributed by atoms with Crippen LogP contribution in [0.15, 0.2) is 72.7 Å². The SMILES string of the molecule is [2H]c1c([2H])c(C([2H])([2H])[2H])c([2H])c([2H])c1OP(=O)(Oc1ccc(C)cc1)Oc1ccccc1C. The molecule has 0 radical (unpaired) electrons. The van der Waals surface area contributed by atoms with E-state index in [0.29, 0.717) is 5.56 Å². The van der Waals surface area contributed by atoms with Crippen LogP contribution in [0.3, 0.4) is 0 Å². The maximum Gasteiger partial charge on any atom is 0.647 e. The van der Waals surface area contributed by atoms with Crippen LogP contribution >= 0.6 is 7.82 Å². The van der Waals surface area contributed by atoms with Gasteiger partial charge in [0.1, 0.15) is 17.2 Å². The molecule has 134 valence electrons. The van der Waals surface area contributed by atoms with Crippen molar-refractivity contribution in [1.29, 1.82) is 0 Å². The normalized spacial score (nSPS) is 17.2. The van der Waals surface area contributed by atoms with E-state index in [1.165, 1.54) is 18.2 Å². The lowest BCUT2D eigenvalue weighted by atomic mass is 10.2. The van der Waals surface area contributed by atoms with Crippen LogP contribution in [0.1, 0.15) is 26.3 Å². The molecule has 0 saturated carbocycles. The lowest BCUT2D eigenvalue weighted by Crippen LogP contribution is -2.08. The van der Waals surface area contributed by atoms with Crippen LogP contribution in [0.5, 0.6) is 17.2 Å². The van der Waals surface area contributed by atoms with E-state index >= 15 is 0 Å². The molecule has 0 spiro atoms. The van der Waals surface area contributed by atoms with Crippen molar-refractivity contribution in [3.8, 4) is 17.2 Å². The summed E-state index contributed by atoms with van der Waals surface area (Å²) in [6, 6.07) is 9.77. The molecular weight excluding hydrogens is 347 g/mol. The topological polar surface area (TPSA) is 44.8 Å². The molecule has 3 rings (SSSR count). The fourth-order valence-electron chi connectivity index (χ4n) is 2.02. The highest BCUT2D eigenvalue weighted by molar-refractivity contribution is 7.49. The highest BCUT2D eigenvalue weighted by Gasteiger charge is 2.33. The summed E-state index contributed by atoms with van der Waals surface area (Å²) >= 11 is 0. The van der Waals surface area contributed by atoms with E-state index in [4.69, 9.17) is 23.2 Å². The molecule has 3 aromatic rings. The van der Waals surface area contributed by atoms with Crippen LogP contribution in [0.4, 0.5) is 0 Å². The van der Waals surface area contributed by atoms with Crippen molar-refractivity contribution in [3.63, 3.8) is 0 Å². The van der Waals surface area contributed by atoms with E-state index in [-0.39, 0.29) is 11.5 Å². The quantitative estimate of drug-likeness (QED) is 0.477. The Hall–Kier alpha value is -2.71. The van der Waals surface area contributed by atoms with Gasteiger partial charge in [-0.2, -0.15) is 4.57 Å². The van der Waals surface area contributed by atoms with Gasteiger partial charge in [-0.15, -0.1) is 0 Å². The third-order valence-corrected chi connectivity index (χ3v) is 4.61. The number of phosphoric ester groups is 1. The van der Waals surface area contributed by atoms with Crippen LogP contribution in [-0.4, -0.2) is 0 Å². The number of hydrogen-bond donors (Lipinski definition) is 0. The molecule has 0 fully saturated rings. The van der Waals surface area contributed by atoms with Gasteiger partial charge in [0.25, 0.3) is 0 Å². The Morgan fingerprint density at radius 1 is 0.808 bits per heavy atom. The Morgan fingerprint density at radius 3 is 2.12 bits per heavy atom. The first-order chi connectivity index (χ1) is 15.3. The zero-order valence-electron chi connectivity index (χ0n) is 21.2. The number of aryl methyl sites for hydroxylation is 2. The van der Waals surface area contributed by atoms with Gasteiger partial charge in [0.15, 0.2) is 0 Å². The predicted molar refractivity (Wildman–Crippen MR) is 103 cm³/mol. The number of benzene rings is 3. The van der Waals surface area contributed by atoms with Gasteiger partial charge in [-0.3, -0.25) is 0 Å². The van der Waals surface area contributed by atoms with Crippen LogP contribution in [0, 0.1) is 20.7 Å². The van der Waals surface area contributed by atoms with Crippen molar-refractivity contribution in [2.75, 3.05) is 0 Å². The van der Waals surface area contributed by atoms with Crippen molar-refractivity contribution < 1.29 is 27.7 Å². The molecule has 0 aliphatic heterocycles. The molecule has 0 aliphatic carbocycles. The summed E-state index contributed by atoms with van der Waals surface area (Å²) in [6.07, 6.45) is 0. The van der Waals surface area contributed by atoms with Gasteiger partial charge in [0.05, 0.1) is 5.48 Å². The average molecular weight is 375 g/mol. The summed E-state index contributed by atoms with van der Waals surface area (Å²) in [7, 11) is -4.62. The first-order valence-corrected chi connectivity index (χ1v) is 9.20. The molecule has 0 aliphatic rings. The van der Waals surface area contributed by atoms with Gasteiger partial charge in [0.2, 0.25) is 0 Å². The first kappa shape index (κ1) is 11.1. The van der Waals surface area contributed by atoms with Gasteiger partial charge in [-0.05, 0) is 56.5 Å². The zero-order valence-corrected chi connectivity index (χ0v) is 15.1. The molecular formula is C21H21O4P. The van der Waals surface area contributed by atoms with Crippen molar-refractivity contribution in [1.82, 2.24) is 0 Å². The largest absolute Gasteiger partial charge is 0.647 e. The second-order valence-corrected chi connectivity index (χ2v) is 6.95. The Labute approximate surface area is 163 Å². The third kappa shape index (κ3) is 4.68. The van der Waals surface area contributed by atoms with Crippen LogP contribution in [0.25, 0.3) is 0 Å². The van der Waals surface area contributed by atoms with Crippen molar-refractivity contribution >= 4 is 7.82 Å². The minimum Gasteiger partial charge on any atom is -0.386 e. The van der Waals surface area contributed by atoms with E-state index in [2.05, 4.69) is 0 Å². The van der Waals surface area contributed by atoms with E-state index in [9.17, 15) is 4.57 Å². The summed E-state index contributed by atoms with van der Waals surface area (Å²) in [5.41, 5.74) is 0.753. The van der Waals surface area contributed by atoms with Gasteiger partial charge < -0.3 is 13.6 Å². The number of hydrogen-bond acceptors (Lipinski definition) is 4. The molecule has 0 bridgehead atoms. The second kappa shape index (κ2) is 7.67. The zero-order chi connectivity index (χ0) is 24.6. The van der Waals surface area contributed by atoms with Gasteiger partial charge in [-0.1, -0.05) is 53.5 Å². The van der Waals surface area contributed by atoms with Gasteiger partial charge in [0, 0.05) is 4.11 Å². The monoisotopic (exact) mass is 375 g/mol. The van der Waals surface area contributed by atoms with Crippen LogP contribution < -0.4 is 13.6 Å². The van der Waals surface area contributed by atoms with Gasteiger partial charge in [-0.25, -0.2) is 0 Å². The maximum atomic E-state index is 13.7. The minimum atomic E-state index is -4.62. The molecule has 0 amide bonds. The van der Waals surface area contributed by atoms with Crippen molar-refractivity contribution in [2.24, 2.45) is 0 Å². The fourth-order valence-corrected chi connectivity index (χ4v) is 3.27. The lowest BCUT2D eigenvalue weighted by molar-refractivity contribution is 0.297. The lowest BCUT2D eigenvalue weighted by Gasteiger charge is -2.20. The number of para-hydroxylation sites is 1. The minimum absolute atomic E-state index is 0.117. The Bertz CT molecular complexity index is 1200. The predicted octanol–water partition coefficient (Wildman–Crippen LogP) is 6.26. The molecule has 26 heavy (non-hydrogen) atoms. The summed E-state index contributed by atoms with van der Waals surface area (Å²) in [5.74, 6) is -0.476. The molecule has 0 aromatic heterocycles. The van der Waals surface area contributed by atoms with E-state index < -0.39 is 50.2 Å². The highest BCUT2D eigenvalue weighted by atomic mass is 31.2. The Balaban J connectivity index is 2.11. The maximum absolute atomic E-state index is 13.7. The summed E-state index contributed by atoms with van der Waals surface area (Å²) in [6.45, 7) is 0.658. The molecule has 5 heteroatoms. The van der Waals surface area contributed by atoms with Gasteiger partial charge >= 0.3 is 7.82 Å². The Morgan fingerprint density at radius 2 is 1.46 bits per heavy atom. The molecule has 0 heterocycles. The first-order valence-electron chi connectivity index (χ1n) is 11.2. The van der Waals surface area contributed by atoms with E-state index in [1.54, 1.807) is 37.3 Å². The van der Waals surface area contributed by atoms with E-state index in [1.807, 2.05) is 6.92 Å². The Kier molecular flexibility index (Phi) is 3.27. The second-order valence-electron chi connectivity index (χ2n) is 5.50. The summed E-state index contributed by atoms with van der Waals surface area (Å²) in [4.78, 5) is 0. The fraction of sp³-hybridized carbons (Fsp3) is 0.143. The van der Waals surface area contributed by atoms with Crippen LogP contribution in [0.2, 0.25) is 0 Å². The molecule has 0 N–H and O–H groups in total. The number of phosphoric acid groups is 1. The summed E-state index contributed by atoms with van der Waals surface area (Å²) < 4.78 is 85.1. The van der Waals surface area contributed by atoms with Crippen LogP contribution in [-0.2, 0) is 4.57 Å². The number of rotatable bonds is 6. The molecule has 1 atom stereocenters. The molecule has 4 nitrogen and oxygen atoms in total. The van der Waals surface area contributed by atoms with E-state index in [0.717, 1.165) is 5.56 Å². The third-order valence-electron chi connectivity index (χ3n) is 3.35. The van der Waals surface area contributed by atoms with Crippen molar-refractivity contribution in [2.45, 2.75) is 20.7 Å². The summed E-state index contributed by atoms with van der Waals surface area (Å²) in [5, 5.41) is 0. The van der Waals surface area contributed by atoms with Crippen molar-refractivity contribution in [3.05, 3.63) is 89.4 Å². The molecule has 1 unspecified atom stereocenters. The highest BCUT2D eigenvalue weighted by Crippen LogP contribution is 2.50.